The molecule has 50 heavy (non-hydrogen) atoms. The monoisotopic (exact) mass is 653 g/mol. The van der Waals surface area contributed by atoms with Gasteiger partial charge in [0.25, 0.3) is 0 Å². The highest BCUT2D eigenvalue weighted by Gasteiger charge is 2.22. The molecule has 3 nitrogen and oxygen atoms in total. The van der Waals surface area contributed by atoms with Crippen molar-refractivity contribution in [3.8, 4) is 28.3 Å². The predicted octanol–water partition coefficient (Wildman–Crippen LogP) is 12.7. The van der Waals surface area contributed by atoms with E-state index in [1.54, 1.807) is 0 Å². The molecule has 0 saturated carbocycles. The largest absolute Gasteiger partial charge is 0.277 e. The number of para-hydroxylation sites is 1. The van der Waals surface area contributed by atoms with Crippen LogP contribution in [0.4, 0.5) is 0 Å². The maximum atomic E-state index is 5.48. The van der Waals surface area contributed by atoms with Crippen molar-refractivity contribution in [3.63, 3.8) is 0 Å². The van der Waals surface area contributed by atoms with Gasteiger partial charge in [0, 0.05) is 52.8 Å². The fraction of sp³-hybridized carbons (Fsp3) is 0. The molecule has 0 aliphatic heterocycles. The van der Waals surface area contributed by atoms with Crippen molar-refractivity contribution in [2.45, 2.75) is 0 Å². The maximum absolute atomic E-state index is 5.48. The normalized spacial score (nSPS) is 12.0. The number of nitrogens with zero attached hydrogens (tertiary/aromatic N) is 3. The predicted molar refractivity (Wildman–Crippen MR) is 213 cm³/mol. The zero-order valence-electron chi connectivity index (χ0n) is 26.8. The van der Waals surface area contributed by atoms with Gasteiger partial charge in [0.2, 0.25) is 5.95 Å². The number of rotatable bonds is 3. The first-order valence-corrected chi connectivity index (χ1v) is 17.7. The van der Waals surface area contributed by atoms with Gasteiger partial charge in [0.05, 0.1) is 22.2 Å². The van der Waals surface area contributed by atoms with Gasteiger partial charge in [0.1, 0.15) is 0 Å². The minimum atomic E-state index is 0.665. The van der Waals surface area contributed by atoms with E-state index in [0.29, 0.717) is 5.95 Å². The SMILES string of the molecule is c1ccc(-c2nc(-n3c4cc5ccccc5cc4c4cccc(-c5ccc6c(c5)sc5ccccc56)c43)nc3c2ccc2ccccc23)cc1. The molecule has 0 amide bonds. The molecule has 0 atom stereocenters. The van der Waals surface area contributed by atoms with E-state index in [-0.39, 0.29) is 0 Å². The molecule has 0 radical (unpaired) electrons. The first kappa shape index (κ1) is 27.6. The van der Waals surface area contributed by atoms with Gasteiger partial charge in [-0.05, 0) is 52.1 Å². The zero-order chi connectivity index (χ0) is 32.8. The van der Waals surface area contributed by atoms with Crippen molar-refractivity contribution in [1.29, 1.82) is 0 Å². The summed E-state index contributed by atoms with van der Waals surface area (Å²) in [5, 5.41) is 10.7. The van der Waals surface area contributed by atoms with Crippen LogP contribution < -0.4 is 0 Å². The quantitative estimate of drug-likeness (QED) is 0.178. The summed E-state index contributed by atoms with van der Waals surface area (Å²) in [6.45, 7) is 0. The van der Waals surface area contributed by atoms with Crippen LogP contribution in [-0.2, 0) is 0 Å². The van der Waals surface area contributed by atoms with Crippen molar-refractivity contribution in [3.05, 3.63) is 164 Å². The van der Waals surface area contributed by atoms with Crippen molar-refractivity contribution in [2.75, 3.05) is 0 Å². The van der Waals surface area contributed by atoms with Crippen molar-refractivity contribution in [1.82, 2.24) is 14.5 Å². The number of hydrogen-bond acceptors (Lipinski definition) is 3. The third-order valence-corrected chi connectivity index (χ3v) is 11.3. The van der Waals surface area contributed by atoms with Crippen LogP contribution >= 0.6 is 11.3 Å². The maximum Gasteiger partial charge on any atom is 0.235 e. The Morgan fingerprint density at radius 3 is 2.00 bits per heavy atom. The molecule has 0 N–H and O–H groups in total. The van der Waals surface area contributed by atoms with Gasteiger partial charge in [-0.15, -0.1) is 11.3 Å². The summed E-state index contributed by atoms with van der Waals surface area (Å²) in [6, 6.07) is 58.9. The molecule has 0 fully saturated rings. The van der Waals surface area contributed by atoms with Crippen LogP contribution in [0.25, 0.3) is 103 Å². The lowest BCUT2D eigenvalue weighted by Crippen LogP contribution is -2.04. The minimum absolute atomic E-state index is 0.665. The van der Waals surface area contributed by atoms with Crippen LogP contribution in [-0.4, -0.2) is 14.5 Å². The lowest BCUT2D eigenvalue weighted by molar-refractivity contribution is 1.02. The molecule has 232 valence electrons. The highest BCUT2D eigenvalue weighted by molar-refractivity contribution is 7.25. The first-order chi connectivity index (χ1) is 24.8. The van der Waals surface area contributed by atoms with Crippen LogP contribution in [0.15, 0.2) is 164 Å². The van der Waals surface area contributed by atoms with E-state index in [1.165, 1.54) is 47.3 Å². The molecule has 0 aliphatic rings. The molecule has 0 aliphatic carbocycles. The molecule has 0 spiro atoms. The van der Waals surface area contributed by atoms with Gasteiger partial charge >= 0.3 is 0 Å². The molecule has 0 unspecified atom stereocenters. The highest BCUT2D eigenvalue weighted by Crippen LogP contribution is 2.42. The number of thiophene rings is 1. The van der Waals surface area contributed by atoms with E-state index >= 15 is 0 Å². The van der Waals surface area contributed by atoms with Crippen LogP contribution in [0.1, 0.15) is 0 Å². The number of hydrogen-bond donors (Lipinski definition) is 0. The fourth-order valence-electron chi connectivity index (χ4n) is 7.85. The Hall–Kier alpha value is -6.36. The minimum Gasteiger partial charge on any atom is -0.277 e. The topological polar surface area (TPSA) is 30.7 Å². The smallest absolute Gasteiger partial charge is 0.235 e. The molecule has 8 aromatic carbocycles. The first-order valence-electron chi connectivity index (χ1n) is 16.9. The molecular formula is C46H27N3S. The Morgan fingerprint density at radius 2 is 1.12 bits per heavy atom. The molecule has 11 rings (SSSR count). The number of fused-ring (bicyclic) bond motifs is 10. The van der Waals surface area contributed by atoms with E-state index in [9.17, 15) is 0 Å². The number of benzene rings is 8. The Bertz CT molecular complexity index is 3150. The lowest BCUT2D eigenvalue weighted by atomic mass is 10.00. The third kappa shape index (κ3) is 4.03. The van der Waals surface area contributed by atoms with E-state index in [0.717, 1.165) is 49.5 Å². The highest BCUT2D eigenvalue weighted by atomic mass is 32.1. The lowest BCUT2D eigenvalue weighted by Gasteiger charge is -2.15. The second-order valence-corrected chi connectivity index (χ2v) is 14.1. The van der Waals surface area contributed by atoms with E-state index in [4.69, 9.17) is 9.97 Å². The summed E-state index contributed by atoms with van der Waals surface area (Å²) in [7, 11) is 0. The summed E-state index contributed by atoms with van der Waals surface area (Å²) in [4.78, 5) is 10.9. The van der Waals surface area contributed by atoms with Gasteiger partial charge in [-0.3, -0.25) is 4.57 Å². The molecule has 11 aromatic rings. The average molecular weight is 654 g/mol. The summed E-state index contributed by atoms with van der Waals surface area (Å²) in [6.07, 6.45) is 0. The van der Waals surface area contributed by atoms with Gasteiger partial charge in [-0.25, -0.2) is 9.97 Å². The molecular weight excluding hydrogens is 627 g/mol. The van der Waals surface area contributed by atoms with Crippen molar-refractivity contribution >= 4 is 85.8 Å². The molecule has 3 heterocycles. The molecule has 0 saturated heterocycles. The fourth-order valence-corrected chi connectivity index (χ4v) is 9.00. The van der Waals surface area contributed by atoms with Crippen LogP contribution in [0, 0.1) is 0 Å². The number of aromatic nitrogens is 3. The Kier molecular flexibility index (Phi) is 5.83. The van der Waals surface area contributed by atoms with E-state index in [2.05, 4.69) is 168 Å². The Labute approximate surface area is 291 Å². The molecule has 0 bridgehead atoms. The van der Waals surface area contributed by atoms with Crippen molar-refractivity contribution < 1.29 is 0 Å². The molecule has 4 heteroatoms. The third-order valence-electron chi connectivity index (χ3n) is 10.2. The standard InChI is InChI=1S/C46H27N3S/c1-2-12-29(13-3-1)43-38-24-21-28-11-6-7-16-33(28)44(38)48-46(47-43)49-40-26-31-15-5-4-14-30(31)25-39(40)37-19-10-18-34(45(37)49)32-22-23-36-35-17-8-9-20-41(35)50-42(36)27-32/h1-27H. The second kappa shape index (κ2) is 10.6. The van der Waals surface area contributed by atoms with E-state index < -0.39 is 0 Å². The summed E-state index contributed by atoms with van der Waals surface area (Å²) in [5.74, 6) is 0.665. The van der Waals surface area contributed by atoms with Crippen molar-refractivity contribution in [2.24, 2.45) is 0 Å². The van der Waals surface area contributed by atoms with Gasteiger partial charge in [-0.2, -0.15) is 0 Å². The van der Waals surface area contributed by atoms with Gasteiger partial charge < -0.3 is 0 Å². The Morgan fingerprint density at radius 1 is 0.420 bits per heavy atom. The van der Waals surface area contributed by atoms with Crippen LogP contribution in [0.5, 0.6) is 0 Å². The van der Waals surface area contributed by atoms with Crippen LogP contribution in [0.3, 0.4) is 0 Å². The Balaban J connectivity index is 1.29. The summed E-state index contributed by atoms with van der Waals surface area (Å²) >= 11 is 1.85. The van der Waals surface area contributed by atoms with Gasteiger partial charge in [-0.1, -0.05) is 133 Å². The van der Waals surface area contributed by atoms with Crippen LogP contribution in [0.2, 0.25) is 0 Å². The van der Waals surface area contributed by atoms with E-state index in [1.807, 2.05) is 11.3 Å². The summed E-state index contributed by atoms with van der Waals surface area (Å²) in [5.41, 5.74) is 7.48. The average Bonchev–Trinajstić information content (AvgIpc) is 3.71. The van der Waals surface area contributed by atoms with Gasteiger partial charge in [0.15, 0.2) is 0 Å². The molecule has 3 aromatic heterocycles. The summed E-state index contributed by atoms with van der Waals surface area (Å²) < 4.78 is 4.91. The zero-order valence-corrected chi connectivity index (χ0v) is 27.7. The second-order valence-electron chi connectivity index (χ2n) is 13.0.